The van der Waals surface area contributed by atoms with Crippen LogP contribution >= 0.6 is 0 Å². The van der Waals surface area contributed by atoms with Crippen LogP contribution in [0.5, 0.6) is 0 Å². The quantitative estimate of drug-likeness (QED) is 0.642. The maximum absolute atomic E-state index is 4.43. The van der Waals surface area contributed by atoms with Gasteiger partial charge in [0.15, 0.2) is 0 Å². The van der Waals surface area contributed by atoms with E-state index < -0.39 is 0 Å². The maximum Gasteiger partial charge on any atom is 0.0641 e. The first-order valence-electron chi connectivity index (χ1n) is 4.94. The number of allylic oxidation sites excluding steroid dienone is 1. The standard InChI is InChI=1S/C11H16N2/c1-4-9-5-6-10-8(2)12-13(3)11(10)7-9/h7H,4-6H2,1-3H3. The van der Waals surface area contributed by atoms with Crippen molar-refractivity contribution in [2.24, 2.45) is 7.05 Å². The van der Waals surface area contributed by atoms with Gasteiger partial charge in [0, 0.05) is 12.6 Å². The molecule has 0 N–H and O–H groups in total. The molecule has 70 valence electrons. The summed E-state index contributed by atoms with van der Waals surface area (Å²) >= 11 is 0. The van der Waals surface area contributed by atoms with Gasteiger partial charge in [0.1, 0.15) is 0 Å². The molecule has 2 heteroatoms. The van der Waals surface area contributed by atoms with Crippen molar-refractivity contribution >= 4 is 6.08 Å². The van der Waals surface area contributed by atoms with Gasteiger partial charge in [-0.1, -0.05) is 12.5 Å². The summed E-state index contributed by atoms with van der Waals surface area (Å²) in [7, 11) is 2.03. The Kier molecular flexibility index (Phi) is 1.98. The third-order valence-corrected chi connectivity index (χ3v) is 2.89. The molecule has 1 aromatic rings. The molecule has 0 saturated carbocycles. The summed E-state index contributed by atoms with van der Waals surface area (Å²) < 4.78 is 2.00. The third kappa shape index (κ3) is 1.30. The van der Waals surface area contributed by atoms with E-state index >= 15 is 0 Å². The van der Waals surface area contributed by atoms with E-state index in [9.17, 15) is 0 Å². The van der Waals surface area contributed by atoms with E-state index in [1.165, 1.54) is 36.2 Å². The smallest absolute Gasteiger partial charge is 0.0641 e. The predicted molar refractivity (Wildman–Crippen MR) is 54.5 cm³/mol. The molecular formula is C11H16N2. The van der Waals surface area contributed by atoms with Crippen molar-refractivity contribution in [2.45, 2.75) is 33.1 Å². The molecule has 0 atom stereocenters. The van der Waals surface area contributed by atoms with E-state index in [1.54, 1.807) is 5.57 Å². The van der Waals surface area contributed by atoms with Crippen LogP contribution in [0.3, 0.4) is 0 Å². The first-order valence-corrected chi connectivity index (χ1v) is 4.94. The molecule has 1 aliphatic carbocycles. The summed E-state index contributed by atoms with van der Waals surface area (Å²) in [6.07, 6.45) is 5.87. The average molecular weight is 176 g/mol. The second kappa shape index (κ2) is 3.02. The van der Waals surface area contributed by atoms with Gasteiger partial charge in [-0.15, -0.1) is 0 Å². The molecule has 0 radical (unpaired) electrons. The van der Waals surface area contributed by atoms with Crippen LogP contribution in [0.25, 0.3) is 6.08 Å². The highest BCUT2D eigenvalue weighted by Crippen LogP contribution is 2.26. The van der Waals surface area contributed by atoms with Gasteiger partial charge in [-0.2, -0.15) is 5.10 Å². The Morgan fingerprint density at radius 3 is 2.92 bits per heavy atom. The Hall–Kier alpha value is -1.05. The lowest BCUT2D eigenvalue weighted by Gasteiger charge is -2.12. The van der Waals surface area contributed by atoms with Crippen LogP contribution in [0, 0.1) is 6.92 Å². The van der Waals surface area contributed by atoms with E-state index in [1.807, 2.05) is 11.7 Å². The van der Waals surface area contributed by atoms with Crippen LogP contribution in [0.1, 0.15) is 36.7 Å². The van der Waals surface area contributed by atoms with Crippen molar-refractivity contribution < 1.29 is 0 Å². The zero-order valence-corrected chi connectivity index (χ0v) is 8.59. The predicted octanol–water partition coefficient (Wildman–Crippen LogP) is 2.47. The highest BCUT2D eigenvalue weighted by atomic mass is 15.3. The molecule has 1 aliphatic rings. The van der Waals surface area contributed by atoms with Crippen LogP contribution in [0.2, 0.25) is 0 Å². The van der Waals surface area contributed by atoms with E-state index in [4.69, 9.17) is 0 Å². The molecule has 0 saturated heterocycles. The SMILES string of the molecule is CCC1=Cc2c(c(C)nn2C)CC1. The molecular weight excluding hydrogens is 160 g/mol. The molecule has 1 aromatic heterocycles. The maximum atomic E-state index is 4.43. The van der Waals surface area contributed by atoms with Crippen molar-refractivity contribution in [2.75, 3.05) is 0 Å². The van der Waals surface area contributed by atoms with E-state index in [2.05, 4.69) is 25.0 Å². The Morgan fingerprint density at radius 1 is 1.46 bits per heavy atom. The number of rotatable bonds is 1. The molecule has 2 rings (SSSR count). The number of aromatic nitrogens is 2. The van der Waals surface area contributed by atoms with Crippen LogP contribution in [-0.4, -0.2) is 9.78 Å². The van der Waals surface area contributed by atoms with Crippen molar-refractivity contribution in [3.63, 3.8) is 0 Å². The van der Waals surface area contributed by atoms with Crippen LogP contribution < -0.4 is 0 Å². The second-order valence-corrected chi connectivity index (χ2v) is 3.73. The lowest BCUT2D eigenvalue weighted by Crippen LogP contribution is -2.01. The number of aryl methyl sites for hydroxylation is 2. The Bertz CT molecular complexity index is 358. The zero-order chi connectivity index (χ0) is 9.42. The number of hydrogen-bond donors (Lipinski definition) is 0. The fourth-order valence-corrected chi connectivity index (χ4v) is 2.04. The first kappa shape index (κ1) is 8.54. The topological polar surface area (TPSA) is 17.8 Å². The minimum absolute atomic E-state index is 1.17. The van der Waals surface area contributed by atoms with Gasteiger partial charge in [-0.25, -0.2) is 0 Å². The van der Waals surface area contributed by atoms with Crippen LogP contribution in [0.4, 0.5) is 0 Å². The Morgan fingerprint density at radius 2 is 2.23 bits per heavy atom. The normalized spacial score (nSPS) is 15.5. The van der Waals surface area contributed by atoms with Gasteiger partial charge < -0.3 is 0 Å². The number of hydrogen-bond acceptors (Lipinski definition) is 1. The van der Waals surface area contributed by atoms with Gasteiger partial charge in [-0.3, -0.25) is 4.68 Å². The van der Waals surface area contributed by atoms with Crippen LogP contribution in [0.15, 0.2) is 5.57 Å². The third-order valence-electron chi connectivity index (χ3n) is 2.89. The van der Waals surface area contributed by atoms with Crippen LogP contribution in [-0.2, 0) is 13.5 Å². The summed E-state index contributed by atoms with van der Waals surface area (Å²) in [5, 5.41) is 4.43. The van der Waals surface area contributed by atoms with Crippen molar-refractivity contribution in [3.8, 4) is 0 Å². The van der Waals surface area contributed by atoms with Gasteiger partial charge in [-0.05, 0) is 32.3 Å². The molecule has 0 fully saturated rings. The molecule has 13 heavy (non-hydrogen) atoms. The summed E-state index contributed by atoms with van der Waals surface area (Å²) in [6.45, 7) is 4.32. The molecule has 1 heterocycles. The van der Waals surface area contributed by atoms with E-state index in [0.29, 0.717) is 0 Å². The second-order valence-electron chi connectivity index (χ2n) is 3.73. The summed E-state index contributed by atoms with van der Waals surface area (Å²) in [5.74, 6) is 0. The summed E-state index contributed by atoms with van der Waals surface area (Å²) in [4.78, 5) is 0. The molecule has 0 amide bonds. The molecule has 0 aliphatic heterocycles. The van der Waals surface area contributed by atoms with Crippen molar-refractivity contribution in [1.29, 1.82) is 0 Å². The molecule has 0 bridgehead atoms. The Balaban J connectivity index is 2.51. The fourth-order valence-electron chi connectivity index (χ4n) is 2.04. The summed E-state index contributed by atoms with van der Waals surface area (Å²) in [5.41, 5.74) is 5.51. The lowest BCUT2D eigenvalue weighted by atomic mass is 9.94. The molecule has 0 aromatic carbocycles. The monoisotopic (exact) mass is 176 g/mol. The Labute approximate surface area is 79.3 Å². The van der Waals surface area contributed by atoms with E-state index in [0.717, 1.165) is 0 Å². The first-order chi connectivity index (χ1) is 6.22. The zero-order valence-electron chi connectivity index (χ0n) is 8.59. The number of fused-ring (bicyclic) bond motifs is 1. The van der Waals surface area contributed by atoms with Gasteiger partial charge in [0.25, 0.3) is 0 Å². The highest BCUT2D eigenvalue weighted by molar-refractivity contribution is 5.57. The van der Waals surface area contributed by atoms with Gasteiger partial charge in [0.05, 0.1) is 11.4 Å². The average Bonchev–Trinajstić information content (AvgIpc) is 2.42. The highest BCUT2D eigenvalue weighted by Gasteiger charge is 2.15. The number of nitrogens with zero attached hydrogens (tertiary/aromatic N) is 2. The molecule has 0 unspecified atom stereocenters. The minimum atomic E-state index is 1.17. The van der Waals surface area contributed by atoms with Crippen molar-refractivity contribution in [1.82, 2.24) is 9.78 Å². The summed E-state index contributed by atoms with van der Waals surface area (Å²) in [6, 6.07) is 0. The van der Waals surface area contributed by atoms with Gasteiger partial charge in [0.2, 0.25) is 0 Å². The van der Waals surface area contributed by atoms with Crippen molar-refractivity contribution in [3.05, 3.63) is 22.5 Å². The largest absolute Gasteiger partial charge is 0.268 e. The molecule has 0 spiro atoms. The van der Waals surface area contributed by atoms with E-state index in [-0.39, 0.29) is 0 Å². The minimum Gasteiger partial charge on any atom is -0.268 e. The van der Waals surface area contributed by atoms with Gasteiger partial charge >= 0.3 is 0 Å². The fraction of sp³-hybridized carbons (Fsp3) is 0.545. The molecule has 2 nitrogen and oxygen atoms in total. The lowest BCUT2D eigenvalue weighted by molar-refractivity contribution is 0.744.